The highest BCUT2D eigenvalue weighted by Crippen LogP contribution is 2.27. The molecule has 1 amide bonds. The van der Waals surface area contributed by atoms with E-state index in [1.807, 2.05) is 4.90 Å². The van der Waals surface area contributed by atoms with Crippen LogP contribution in [-0.2, 0) is 9.53 Å². The number of carbonyl (C=O) groups excluding carboxylic acids is 1. The summed E-state index contributed by atoms with van der Waals surface area (Å²) in [6.45, 7) is 4.84. The van der Waals surface area contributed by atoms with Crippen LogP contribution in [0.2, 0.25) is 0 Å². The predicted octanol–water partition coefficient (Wildman–Crippen LogP) is 1.14. The molecule has 1 aliphatic rings. The second-order valence-corrected chi connectivity index (χ2v) is 4.32. The van der Waals surface area contributed by atoms with E-state index in [1.54, 1.807) is 0 Å². The van der Waals surface area contributed by atoms with Crippen LogP contribution in [0.5, 0.6) is 0 Å². The van der Waals surface area contributed by atoms with Gasteiger partial charge in [0.25, 0.3) is 0 Å². The standard InChI is InChI=1S/C12H24N2O2/c1-2-9-16-10-6-12(15)14(8-3-7-13)11-4-5-11/h11H,2-10,13H2,1H3. The van der Waals surface area contributed by atoms with Crippen molar-refractivity contribution < 1.29 is 9.53 Å². The number of carbonyl (C=O) groups is 1. The molecule has 4 heteroatoms. The van der Waals surface area contributed by atoms with Gasteiger partial charge in [-0.25, -0.2) is 0 Å². The molecule has 0 saturated heterocycles. The molecule has 0 unspecified atom stereocenters. The van der Waals surface area contributed by atoms with Gasteiger partial charge >= 0.3 is 0 Å². The van der Waals surface area contributed by atoms with Gasteiger partial charge in [0.15, 0.2) is 0 Å². The zero-order valence-electron chi connectivity index (χ0n) is 10.3. The van der Waals surface area contributed by atoms with Crippen LogP contribution in [0.25, 0.3) is 0 Å². The molecule has 16 heavy (non-hydrogen) atoms. The fraction of sp³-hybridized carbons (Fsp3) is 0.917. The number of amides is 1. The number of ether oxygens (including phenoxy) is 1. The van der Waals surface area contributed by atoms with Crippen LogP contribution in [0, 0.1) is 0 Å². The van der Waals surface area contributed by atoms with Gasteiger partial charge in [0.1, 0.15) is 0 Å². The summed E-state index contributed by atoms with van der Waals surface area (Å²) in [4.78, 5) is 13.9. The molecule has 94 valence electrons. The molecule has 0 aromatic carbocycles. The summed E-state index contributed by atoms with van der Waals surface area (Å²) in [6.07, 6.45) is 4.74. The van der Waals surface area contributed by atoms with Gasteiger partial charge in [0.2, 0.25) is 5.91 Å². The molecule has 0 aromatic rings. The van der Waals surface area contributed by atoms with Gasteiger partial charge in [-0.05, 0) is 32.2 Å². The van der Waals surface area contributed by atoms with Crippen LogP contribution in [0.4, 0.5) is 0 Å². The molecule has 0 radical (unpaired) electrons. The average Bonchev–Trinajstić information content (AvgIpc) is 3.09. The highest BCUT2D eigenvalue weighted by atomic mass is 16.5. The van der Waals surface area contributed by atoms with E-state index in [0.29, 0.717) is 25.6 Å². The van der Waals surface area contributed by atoms with E-state index in [1.165, 1.54) is 0 Å². The van der Waals surface area contributed by atoms with Crippen molar-refractivity contribution in [1.82, 2.24) is 4.90 Å². The lowest BCUT2D eigenvalue weighted by molar-refractivity contribution is -0.133. The first-order valence-corrected chi connectivity index (χ1v) is 6.36. The topological polar surface area (TPSA) is 55.6 Å². The molecule has 1 saturated carbocycles. The molecule has 0 atom stereocenters. The first-order chi connectivity index (χ1) is 7.79. The van der Waals surface area contributed by atoms with Crippen molar-refractivity contribution in [2.75, 3.05) is 26.3 Å². The molecule has 1 aliphatic carbocycles. The van der Waals surface area contributed by atoms with Crippen LogP contribution in [0.1, 0.15) is 39.0 Å². The maximum Gasteiger partial charge on any atom is 0.225 e. The van der Waals surface area contributed by atoms with Crippen molar-refractivity contribution in [1.29, 1.82) is 0 Å². The summed E-state index contributed by atoms with van der Waals surface area (Å²) in [5, 5.41) is 0. The Balaban J connectivity index is 2.19. The highest BCUT2D eigenvalue weighted by Gasteiger charge is 2.31. The maximum absolute atomic E-state index is 11.9. The third-order valence-electron chi connectivity index (χ3n) is 2.72. The minimum absolute atomic E-state index is 0.229. The van der Waals surface area contributed by atoms with E-state index in [4.69, 9.17) is 10.5 Å². The van der Waals surface area contributed by atoms with E-state index < -0.39 is 0 Å². The fourth-order valence-electron chi connectivity index (χ4n) is 1.71. The van der Waals surface area contributed by atoms with Crippen LogP contribution in [0.3, 0.4) is 0 Å². The zero-order chi connectivity index (χ0) is 11.8. The second-order valence-electron chi connectivity index (χ2n) is 4.32. The Labute approximate surface area is 98.1 Å². The van der Waals surface area contributed by atoms with Crippen LogP contribution >= 0.6 is 0 Å². The van der Waals surface area contributed by atoms with Crippen LogP contribution in [-0.4, -0.2) is 43.2 Å². The minimum Gasteiger partial charge on any atom is -0.381 e. The van der Waals surface area contributed by atoms with E-state index in [0.717, 1.165) is 38.8 Å². The molecule has 1 rings (SSSR count). The van der Waals surface area contributed by atoms with Crippen molar-refractivity contribution in [2.24, 2.45) is 5.73 Å². The molecule has 4 nitrogen and oxygen atoms in total. The third-order valence-corrected chi connectivity index (χ3v) is 2.72. The molecule has 0 aliphatic heterocycles. The lowest BCUT2D eigenvalue weighted by atomic mass is 10.3. The zero-order valence-corrected chi connectivity index (χ0v) is 10.3. The largest absolute Gasteiger partial charge is 0.381 e. The Kier molecular flexibility index (Phi) is 6.42. The van der Waals surface area contributed by atoms with Gasteiger partial charge in [-0.2, -0.15) is 0 Å². The van der Waals surface area contributed by atoms with Crippen LogP contribution in [0.15, 0.2) is 0 Å². The Morgan fingerprint density at radius 1 is 1.44 bits per heavy atom. The first kappa shape index (κ1) is 13.5. The van der Waals surface area contributed by atoms with Crippen molar-refractivity contribution in [3.05, 3.63) is 0 Å². The number of nitrogens with zero attached hydrogens (tertiary/aromatic N) is 1. The van der Waals surface area contributed by atoms with Crippen molar-refractivity contribution in [3.63, 3.8) is 0 Å². The van der Waals surface area contributed by atoms with E-state index in [9.17, 15) is 4.79 Å². The third kappa shape index (κ3) is 4.94. The van der Waals surface area contributed by atoms with Crippen molar-refractivity contribution >= 4 is 5.91 Å². The van der Waals surface area contributed by atoms with Gasteiger partial charge in [-0.1, -0.05) is 6.92 Å². The molecule has 0 aromatic heterocycles. The minimum atomic E-state index is 0.229. The second kappa shape index (κ2) is 7.63. The lowest BCUT2D eigenvalue weighted by Gasteiger charge is -2.22. The van der Waals surface area contributed by atoms with Gasteiger partial charge in [0, 0.05) is 19.2 Å². The lowest BCUT2D eigenvalue weighted by Crippen LogP contribution is -2.35. The average molecular weight is 228 g/mol. The van der Waals surface area contributed by atoms with E-state index >= 15 is 0 Å². The maximum atomic E-state index is 11.9. The Morgan fingerprint density at radius 2 is 2.19 bits per heavy atom. The van der Waals surface area contributed by atoms with Crippen molar-refractivity contribution in [3.8, 4) is 0 Å². The van der Waals surface area contributed by atoms with Crippen molar-refractivity contribution in [2.45, 2.75) is 45.1 Å². The van der Waals surface area contributed by atoms with Gasteiger partial charge < -0.3 is 15.4 Å². The fourth-order valence-corrected chi connectivity index (χ4v) is 1.71. The summed E-state index contributed by atoms with van der Waals surface area (Å²) in [7, 11) is 0. The molecular formula is C12H24N2O2. The molecule has 2 N–H and O–H groups in total. The molecule has 1 fully saturated rings. The SMILES string of the molecule is CCCOCCC(=O)N(CCCN)C1CC1. The summed E-state index contributed by atoms with van der Waals surface area (Å²) in [5.41, 5.74) is 5.47. The summed E-state index contributed by atoms with van der Waals surface area (Å²) in [6, 6.07) is 0.491. The molecule has 0 heterocycles. The monoisotopic (exact) mass is 228 g/mol. The van der Waals surface area contributed by atoms with E-state index in [2.05, 4.69) is 6.92 Å². The predicted molar refractivity (Wildman–Crippen MR) is 64.1 cm³/mol. The Bertz CT molecular complexity index is 205. The number of rotatable bonds is 9. The molecular weight excluding hydrogens is 204 g/mol. The smallest absolute Gasteiger partial charge is 0.225 e. The Morgan fingerprint density at radius 3 is 2.75 bits per heavy atom. The summed E-state index contributed by atoms with van der Waals surface area (Å²) < 4.78 is 5.34. The normalized spacial score (nSPS) is 15.1. The van der Waals surface area contributed by atoms with Gasteiger partial charge in [-0.15, -0.1) is 0 Å². The highest BCUT2D eigenvalue weighted by molar-refractivity contribution is 5.77. The number of hydrogen-bond donors (Lipinski definition) is 1. The van der Waals surface area contributed by atoms with Crippen LogP contribution < -0.4 is 5.73 Å². The molecule has 0 bridgehead atoms. The quantitative estimate of drug-likeness (QED) is 0.602. The molecule has 0 spiro atoms. The number of nitrogens with two attached hydrogens (primary N) is 1. The summed E-state index contributed by atoms with van der Waals surface area (Å²) >= 11 is 0. The summed E-state index contributed by atoms with van der Waals surface area (Å²) in [5.74, 6) is 0.229. The Hall–Kier alpha value is -0.610. The first-order valence-electron chi connectivity index (χ1n) is 6.36. The van der Waals surface area contributed by atoms with Gasteiger partial charge in [-0.3, -0.25) is 4.79 Å². The number of hydrogen-bond acceptors (Lipinski definition) is 3. The van der Waals surface area contributed by atoms with Gasteiger partial charge in [0.05, 0.1) is 13.0 Å². The van der Waals surface area contributed by atoms with E-state index in [-0.39, 0.29) is 5.91 Å².